The summed E-state index contributed by atoms with van der Waals surface area (Å²) in [4.78, 5) is 10.6. The molecule has 2 saturated carbocycles. The second-order valence-electron chi connectivity index (χ2n) is 11.1. The predicted molar refractivity (Wildman–Crippen MR) is 144 cm³/mol. The number of aromatic nitrogens is 5. The van der Waals surface area contributed by atoms with Crippen LogP contribution in [0.1, 0.15) is 47.9 Å². The topological polar surface area (TPSA) is 63.0 Å². The fraction of sp³-hybridized carbons (Fsp3) is 0.448. The van der Waals surface area contributed by atoms with Crippen LogP contribution in [0.4, 0.5) is 24.8 Å². The molecule has 0 amide bonds. The van der Waals surface area contributed by atoms with E-state index in [1.165, 1.54) is 42.6 Å². The largest absolute Gasteiger partial charge is 0.416 e. The van der Waals surface area contributed by atoms with Crippen molar-refractivity contribution < 1.29 is 13.2 Å². The lowest BCUT2D eigenvalue weighted by Crippen LogP contribution is -2.31. The number of alkyl halides is 3. The molecule has 7 nitrogen and oxygen atoms in total. The first-order valence-corrected chi connectivity index (χ1v) is 13.5. The molecule has 204 valence electrons. The molecule has 0 atom stereocenters. The molecular formula is C29H32F3N7. The van der Waals surface area contributed by atoms with Crippen LogP contribution >= 0.6 is 0 Å². The van der Waals surface area contributed by atoms with Gasteiger partial charge >= 0.3 is 6.18 Å². The Morgan fingerprint density at radius 1 is 0.949 bits per heavy atom. The smallest absolute Gasteiger partial charge is 0.370 e. The van der Waals surface area contributed by atoms with Crippen molar-refractivity contribution in [2.24, 2.45) is 18.9 Å². The van der Waals surface area contributed by atoms with Crippen LogP contribution in [0.5, 0.6) is 0 Å². The van der Waals surface area contributed by atoms with E-state index in [4.69, 9.17) is 4.98 Å². The Morgan fingerprint density at radius 3 is 2.31 bits per heavy atom. The Kier molecular flexibility index (Phi) is 6.64. The maximum absolute atomic E-state index is 13.6. The zero-order valence-electron chi connectivity index (χ0n) is 22.2. The van der Waals surface area contributed by atoms with Crippen LogP contribution in [0.15, 0.2) is 48.7 Å². The van der Waals surface area contributed by atoms with Gasteiger partial charge in [-0.1, -0.05) is 34.9 Å². The predicted octanol–water partition coefficient (Wildman–Crippen LogP) is 5.92. The van der Waals surface area contributed by atoms with E-state index in [1.807, 2.05) is 29.3 Å². The molecule has 2 aromatic carbocycles. The molecule has 0 N–H and O–H groups in total. The van der Waals surface area contributed by atoms with Gasteiger partial charge in [0.2, 0.25) is 0 Å². The quantitative estimate of drug-likeness (QED) is 0.251. The van der Waals surface area contributed by atoms with E-state index in [2.05, 4.69) is 26.4 Å². The summed E-state index contributed by atoms with van der Waals surface area (Å²) in [5.41, 5.74) is 3.54. The summed E-state index contributed by atoms with van der Waals surface area (Å²) in [6.07, 6.45) is 2.51. The van der Waals surface area contributed by atoms with Crippen molar-refractivity contribution in [3.8, 4) is 0 Å². The van der Waals surface area contributed by atoms with Gasteiger partial charge < -0.3 is 9.80 Å². The zero-order chi connectivity index (χ0) is 27.1. The highest BCUT2D eigenvalue weighted by Gasteiger charge is 2.33. The van der Waals surface area contributed by atoms with Crippen LogP contribution in [0, 0.1) is 18.8 Å². The monoisotopic (exact) mass is 535 g/mol. The minimum absolute atomic E-state index is 0.202. The van der Waals surface area contributed by atoms with Gasteiger partial charge in [0.05, 0.1) is 23.8 Å². The first-order valence-electron chi connectivity index (χ1n) is 13.5. The highest BCUT2D eigenvalue weighted by molar-refractivity contribution is 5.93. The van der Waals surface area contributed by atoms with Crippen LogP contribution in [-0.4, -0.2) is 38.3 Å². The van der Waals surface area contributed by atoms with E-state index in [9.17, 15) is 13.2 Å². The van der Waals surface area contributed by atoms with Gasteiger partial charge in [-0.3, -0.25) is 4.98 Å². The summed E-state index contributed by atoms with van der Waals surface area (Å²) in [6, 6.07) is 12.4. The molecule has 2 aromatic heterocycles. The summed E-state index contributed by atoms with van der Waals surface area (Å²) in [6.45, 7) is 4.29. The number of hydrogen-bond acceptors (Lipinski definition) is 6. The fourth-order valence-corrected chi connectivity index (χ4v) is 5.28. The molecule has 2 aliphatic rings. The van der Waals surface area contributed by atoms with Crippen LogP contribution in [0.25, 0.3) is 10.9 Å². The molecule has 0 saturated heterocycles. The van der Waals surface area contributed by atoms with Crippen molar-refractivity contribution in [2.75, 3.05) is 22.9 Å². The molecule has 2 fully saturated rings. The molecule has 39 heavy (non-hydrogen) atoms. The highest BCUT2D eigenvalue weighted by atomic mass is 19.4. The molecule has 2 aliphatic carbocycles. The third kappa shape index (κ3) is 5.99. The summed E-state index contributed by atoms with van der Waals surface area (Å²) < 4.78 is 40.8. The number of rotatable bonds is 10. The van der Waals surface area contributed by atoms with Gasteiger partial charge in [-0.2, -0.15) is 18.0 Å². The van der Waals surface area contributed by atoms with Crippen LogP contribution in [-0.2, 0) is 26.3 Å². The second-order valence-corrected chi connectivity index (χ2v) is 11.1. The third-order valence-corrected chi connectivity index (χ3v) is 7.47. The summed E-state index contributed by atoms with van der Waals surface area (Å²) in [7, 11) is 1.68. The molecular weight excluding hydrogens is 503 g/mol. The molecule has 10 heteroatoms. The second kappa shape index (κ2) is 10.1. The molecule has 2 heterocycles. The van der Waals surface area contributed by atoms with E-state index in [1.54, 1.807) is 20.0 Å². The number of halogens is 3. The Labute approximate surface area is 225 Å². The molecule has 0 aliphatic heterocycles. The molecule has 0 radical (unpaired) electrons. The van der Waals surface area contributed by atoms with Crippen LogP contribution in [0.2, 0.25) is 0 Å². The lowest BCUT2D eigenvalue weighted by atomic mass is 10.0. The maximum Gasteiger partial charge on any atom is 0.416 e. The van der Waals surface area contributed by atoms with Crippen molar-refractivity contribution in [1.29, 1.82) is 0 Å². The average Bonchev–Trinajstić information content (AvgIpc) is 3.83. The first kappa shape index (κ1) is 25.6. The number of anilines is 2. The van der Waals surface area contributed by atoms with E-state index in [-0.39, 0.29) is 6.54 Å². The van der Waals surface area contributed by atoms with E-state index in [0.29, 0.717) is 35.5 Å². The Bertz CT molecular complexity index is 1460. The first-order chi connectivity index (χ1) is 18.7. The number of benzene rings is 2. The maximum atomic E-state index is 13.6. The van der Waals surface area contributed by atoms with Gasteiger partial charge in [-0.15, -0.1) is 5.10 Å². The lowest BCUT2D eigenvalue weighted by Gasteiger charge is -2.30. The van der Waals surface area contributed by atoms with Gasteiger partial charge in [0, 0.05) is 43.3 Å². The van der Waals surface area contributed by atoms with Gasteiger partial charge in [0.15, 0.2) is 0 Å². The summed E-state index contributed by atoms with van der Waals surface area (Å²) in [5, 5.41) is 13.7. The van der Waals surface area contributed by atoms with Crippen molar-refractivity contribution in [3.05, 3.63) is 70.9 Å². The number of hydrogen-bond donors (Lipinski definition) is 0. The number of aryl methyl sites for hydroxylation is 2. The zero-order valence-corrected chi connectivity index (χ0v) is 22.2. The molecule has 0 unspecified atom stereocenters. The van der Waals surface area contributed by atoms with Gasteiger partial charge in [0.1, 0.15) is 0 Å². The Hall–Kier alpha value is -3.69. The van der Waals surface area contributed by atoms with Crippen LogP contribution in [0.3, 0.4) is 0 Å². The summed E-state index contributed by atoms with van der Waals surface area (Å²) in [5.74, 6) is 1.77. The minimum atomic E-state index is -4.42. The van der Waals surface area contributed by atoms with E-state index < -0.39 is 11.7 Å². The van der Waals surface area contributed by atoms with E-state index >= 15 is 0 Å². The lowest BCUT2D eigenvalue weighted by molar-refractivity contribution is -0.137. The fourth-order valence-electron chi connectivity index (χ4n) is 5.28. The Balaban J connectivity index is 1.41. The van der Waals surface area contributed by atoms with Gasteiger partial charge in [0.25, 0.3) is 5.95 Å². The van der Waals surface area contributed by atoms with Crippen molar-refractivity contribution in [1.82, 2.24) is 25.2 Å². The normalized spacial score (nSPS) is 15.6. The highest BCUT2D eigenvalue weighted by Crippen LogP contribution is 2.40. The van der Waals surface area contributed by atoms with Gasteiger partial charge in [-0.25, -0.2) is 0 Å². The van der Waals surface area contributed by atoms with Crippen LogP contribution < -0.4 is 9.80 Å². The SMILES string of the molecule is Cc1cc(CN(Cc2cnc3ccccc3c2N(CC2CC2)CC2CC2)c2nnn(C)n2)cc(C(F)(F)F)c1. The van der Waals surface area contributed by atoms with Crippen molar-refractivity contribution in [2.45, 2.75) is 51.9 Å². The standard InChI is InChI=1S/C29H32F3N7/c1-19-11-22(13-24(12-19)29(30,31)32)17-39(28-34-36-37(2)35-28)18-23-14-33-26-6-4-3-5-25(26)27(23)38(15-20-7-8-20)16-21-9-10-21/h3-6,11-14,20-21H,7-10,15-18H2,1-2H3. The molecule has 4 aromatic rings. The molecule has 6 rings (SSSR count). The number of pyridine rings is 1. The Morgan fingerprint density at radius 2 is 1.67 bits per heavy atom. The average molecular weight is 536 g/mol. The number of tetrazole rings is 1. The van der Waals surface area contributed by atoms with Gasteiger partial charge in [-0.05, 0) is 73.4 Å². The minimum Gasteiger partial charge on any atom is -0.370 e. The number of para-hydroxylation sites is 1. The summed E-state index contributed by atoms with van der Waals surface area (Å²) >= 11 is 0. The van der Waals surface area contributed by atoms with Crippen molar-refractivity contribution >= 4 is 22.5 Å². The number of fused-ring (bicyclic) bond motifs is 1. The number of nitrogens with zero attached hydrogens (tertiary/aromatic N) is 7. The van der Waals surface area contributed by atoms with E-state index in [0.717, 1.165) is 35.2 Å². The molecule has 0 bridgehead atoms. The third-order valence-electron chi connectivity index (χ3n) is 7.47. The molecule has 0 spiro atoms. The van der Waals surface area contributed by atoms with Crippen molar-refractivity contribution in [3.63, 3.8) is 0 Å².